The van der Waals surface area contributed by atoms with Gasteiger partial charge in [0.2, 0.25) is 11.8 Å². The molecule has 2 fully saturated rings. The van der Waals surface area contributed by atoms with E-state index in [2.05, 4.69) is 23.7 Å². The van der Waals surface area contributed by atoms with Crippen LogP contribution in [0.3, 0.4) is 0 Å². The fourth-order valence-corrected chi connectivity index (χ4v) is 5.12. The number of nitrogens with zero attached hydrogens (tertiary/aromatic N) is 3. The van der Waals surface area contributed by atoms with Crippen LogP contribution in [0.1, 0.15) is 25.3 Å². The number of amides is 2. The number of thiocarbonyl (C=S) groups is 1. The second kappa shape index (κ2) is 6.91. The van der Waals surface area contributed by atoms with Crippen molar-refractivity contribution in [2.45, 2.75) is 32.2 Å². The minimum Gasteiger partial charge on any atom is -0.367 e. The van der Waals surface area contributed by atoms with Gasteiger partial charge in [-0.1, -0.05) is 13.0 Å². The first-order valence-electron chi connectivity index (χ1n) is 9.62. The zero-order chi connectivity index (χ0) is 20.9. The summed E-state index contributed by atoms with van der Waals surface area (Å²) in [6.07, 6.45) is 3.29. The lowest BCUT2D eigenvalue weighted by Crippen LogP contribution is -2.72. The Kier molecular flexibility index (Phi) is 4.65. The van der Waals surface area contributed by atoms with Gasteiger partial charge >= 0.3 is 0 Å². The van der Waals surface area contributed by atoms with E-state index in [0.717, 1.165) is 12.1 Å². The van der Waals surface area contributed by atoms with E-state index in [4.69, 9.17) is 12.2 Å². The van der Waals surface area contributed by atoms with E-state index in [1.807, 2.05) is 0 Å². The summed E-state index contributed by atoms with van der Waals surface area (Å²) in [5.41, 5.74) is 0.0780. The number of carbonyl (C=O) groups excluding carboxylic acids is 2. The highest BCUT2D eigenvalue weighted by Gasteiger charge is 2.61. The molecule has 152 valence electrons. The Balaban J connectivity index is 1.89. The normalized spacial score (nSPS) is 28.7. The number of piperidine rings is 1. The molecule has 0 unspecified atom stereocenters. The smallest absolute Gasteiger partial charge is 0.269 e. The van der Waals surface area contributed by atoms with E-state index in [-0.39, 0.29) is 35.7 Å². The summed E-state index contributed by atoms with van der Waals surface area (Å²) in [6.45, 7) is 6.69. The van der Waals surface area contributed by atoms with Gasteiger partial charge in [0.05, 0.1) is 11.0 Å². The molecule has 1 spiro atoms. The predicted octanol–water partition coefficient (Wildman–Crippen LogP) is 2.17. The number of rotatable bonds is 3. The number of non-ortho nitro benzene ring substituents is 1. The van der Waals surface area contributed by atoms with Gasteiger partial charge in [-0.25, -0.2) is 0 Å². The van der Waals surface area contributed by atoms with Crippen LogP contribution in [0.5, 0.6) is 0 Å². The first-order valence-corrected chi connectivity index (χ1v) is 10.0. The number of carbonyl (C=O) groups is 2. The van der Waals surface area contributed by atoms with Crippen molar-refractivity contribution in [2.75, 3.05) is 18.0 Å². The summed E-state index contributed by atoms with van der Waals surface area (Å²) < 4.78 is 0. The van der Waals surface area contributed by atoms with Crippen molar-refractivity contribution in [1.29, 1.82) is 0 Å². The number of hydrogen-bond donors (Lipinski definition) is 1. The molecule has 0 radical (unpaired) electrons. The molecule has 3 heterocycles. The Bertz CT molecular complexity index is 948. The van der Waals surface area contributed by atoms with E-state index in [0.29, 0.717) is 24.4 Å². The van der Waals surface area contributed by atoms with Gasteiger partial charge in [-0.05, 0) is 42.6 Å². The lowest BCUT2D eigenvalue weighted by atomic mass is 9.65. The summed E-state index contributed by atoms with van der Waals surface area (Å²) >= 11 is 5.22. The van der Waals surface area contributed by atoms with E-state index in [1.165, 1.54) is 17.0 Å². The zero-order valence-electron chi connectivity index (χ0n) is 16.1. The molecule has 2 saturated heterocycles. The van der Waals surface area contributed by atoms with Gasteiger partial charge < -0.3 is 10.2 Å². The first-order chi connectivity index (χ1) is 13.8. The summed E-state index contributed by atoms with van der Waals surface area (Å²) in [5.74, 6) is -0.420. The molecule has 4 rings (SSSR count). The van der Waals surface area contributed by atoms with Crippen molar-refractivity contribution in [1.82, 2.24) is 10.2 Å². The van der Waals surface area contributed by atoms with Crippen LogP contribution in [-0.2, 0) is 16.0 Å². The standard InChI is InChI=1S/C20H22N4O4S/c1-3-7-23-18(26)20(17(25)21-19(23)29)11-13-10-14(24(27)28)4-5-15(13)22-8-6-12(2)9-16(20)22/h3-5,10,12,16H,1,6-9,11H2,2H3,(H,21,25,29)/t12-,16-,20+/m0/s1. The molecule has 3 atom stereocenters. The quantitative estimate of drug-likeness (QED) is 0.268. The fourth-order valence-electron chi connectivity index (χ4n) is 4.87. The number of hydrogen-bond acceptors (Lipinski definition) is 6. The highest BCUT2D eigenvalue weighted by atomic mass is 32.1. The van der Waals surface area contributed by atoms with Crippen molar-refractivity contribution in [3.63, 3.8) is 0 Å². The van der Waals surface area contributed by atoms with Crippen LogP contribution in [0.4, 0.5) is 11.4 Å². The molecule has 1 aromatic carbocycles. The Morgan fingerprint density at radius 1 is 1.45 bits per heavy atom. The highest BCUT2D eigenvalue weighted by molar-refractivity contribution is 7.80. The van der Waals surface area contributed by atoms with Gasteiger partial charge in [-0.3, -0.25) is 24.6 Å². The molecule has 3 aliphatic heterocycles. The second-order valence-corrected chi connectivity index (χ2v) is 8.41. The topological polar surface area (TPSA) is 95.8 Å². The van der Waals surface area contributed by atoms with Crippen molar-refractivity contribution in [2.24, 2.45) is 11.3 Å². The van der Waals surface area contributed by atoms with Gasteiger partial charge in [-0.15, -0.1) is 6.58 Å². The highest BCUT2D eigenvalue weighted by Crippen LogP contribution is 2.49. The van der Waals surface area contributed by atoms with E-state index in [1.54, 1.807) is 12.1 Å². The number of fused-ring (bicyclic) bond motifs is 4. The van der Waals surface area contributed by atoms with Gasteiger partial charge in [0.25, 0.3) is 5.69 Å². The molecule has 29 heavy (non-hydrogen) atoms. The Hall–Kier alpha value is -2.81. The molecule has 0 aliphatic carbocycles. The fraction of sp³-hybridized carbons (Fsp3) is 0.450. The predicted molar refractivity (Wildman–Crippen MR) is 111 cm³/mol. The van der Waals surface area contributed by atoms with Gasteiger partial charge in [0.1, 0.15) is 0 Å². The third kappa shape index (κ3) is 2.83. The number of benzene rings is 1. The molecule has 1 aromatic rings. The minimum atomic E-state index is -1.37. The monoisotopic (exact) mass is 414 g/mol. The molecular formula is C20H22N4O4S. The lowest BCUT2D eigenvalue weighted by molar-refractivity contribution is -0.384. The van der Waals surface area contributed by atoms with Crippen molar-refractivity contribution >= 4 is 40.5 Å². The summed E-state index contributed by atoms with van der Waals surface area (Å²) in [7, 11) is 0. The maximum atomic E-state index is 13.7. The van der Waals surface area contributed by atoms with Crippen LogP contribution < -0.4 is 10.2 Å². The Labute approximate surface area is 173 Å². The first kappa shape index (κ1) is 19.5. The minimum absolute atomic E-state index is 0.0511. The van der Waals surface area contributed by atoms with Gasteiger partial charge in [-0.2, -0.15) is 0 Å². The lowest BCUT2D eigenvalue weighted by Gasteiger charge is -2.55. The molecule has 9 heteroatoms. The van der Waals surface area contributed by atoms with Crippen LogP contribution in [0, 0.1) is 21.4 Å². The van der Waals surface area contributed by atoms with E-state index >= 15 is 0 Å². The molecule has 8 nitrogen and oxygen atoms in total. The van der Waals surface area contributed by atoms with Crippen molar-refractivity contribution < 1.29 is 14.5 Å². The molecule has 0 aromatic heterocycles. The van der Waals surface area contributed by atoms with E-state index < -0.39 is 16.2 Å². The average molecular weight is 414 g/mol. The number of anilines is 1. The molecule has 0 saturated carbocycles. The average Bonchev–Trinajstić information content (AvgIpc) is 2.68. The van der Waals surface area contributed by atoms with Crippen LogP contribution in [0.25, 0.3) is 0 Å². The van der Waals surface area contributed by atoms with Crippen molar-refractivity contribution in [3.8, 4) is 0 Å². The maximum absolute atomic E-state index is 13.7. The molecular weight excluding hydrogens is 392 g/mol. The van der Waals surface area contributed by atoms with Crippen LogP contribution in [0.2, 0.25) is 0 Å². The number of nitro groups is 1. The third-order valence-corrected chi connectivity index (χ3v) is 6.62. The molecule has 0 bridgehead atoms. The zero-order valence-corrected chi connectivity index (χ0v) is 16.9. The number of nitro benzene ring substituents is 1. The molecule has 3 aliphatic rings. The Morgan fingerprint density at radius 3 is 2.90 bits per heavy atom. The van der Waals surface area contributed by atoms with Crippen molar-refractivity contribution in [3.05, 3.63) is 46.5 Å². The van der Waals surface area contributed by atoms with Crippen LogP contribution >= 0.6 is 12.2 Å². The Morgan fingerprint density at radius 2 is 2.21 bits per heavy atom. The third-order valence-electron chi connectivity index (χ3n) is 6.30. The second-order valence-electron chi connectivity index (χ2n) is 8.02. The van der Waals surface area contributed by atoms with Gasteiger partial charge in [0, 0.05) is 37.3 Å². The largest absolute Gasteiger partial charge is 0.367 e. The SMILES string of the molecule is C=CCN1C(=O)[C@@]2(Cc3cc([N+](=O)[O-])ccc3N3CC[C@H](C)C[C@H]32)C(=O)NC1=S. The maximum Gasteiger partial charge on any atom is 0.269 e. The summed E-state index contributed by atoms with van der Waals surface area (Å²) in [6, 6.07) is 4.37. The van der Waals surface area contributed by atoms with E-state index in [9.17, 15) is 19.7 Å². The van der Waals surface area contributed by atoms with Gasteiger partial charge in [0.15, 0.2) is 10.5 Å². The summed E-state index contributed by atoms with van der Waals surface area (Å²) in [4.78, 5) is 41.3. The van der Waals surface area contributed by atoms with Crippen LogP contribution in [0.15, 0.2) is 30.9 Å². The molecule has 2 amide bonds. The van der Waals surface area contributed by atoms with Crippen LogP contribution in [-0.4, -0.2) is 45.9 Å². The summed E-state index contributed by atoms with van der Waals surface area (Å²) in [5, 5.41) is 14.1. The molecule has 1 N–H and O–H groups in total. The number of nitrogens with one attached hydrogen (secondary N) is 1.